The number of hydrogen-bond acceptors (Lipinski definition) is 7. The summed E-state index contributed by atoms with van der Waals surface area (Å²) >= 11 is 0. The molecule has 0 spiro atoms. The number of carbonyl (C=O) groups excluding carboxylic acids is 2. The summed E-state index contributed by atoms with van der Waals surface area (Å²) in [5, 5.41) is 18.8. The van der Waals surface area contributed by atoms with Crippen molar-refractivity contribution in [3.05, 3.63) is 53.5 Å². The minimum atomic E-state index is -1.27. The van der Waals surface area contributed by atoms with Crippen molar-refractivity contribution in [1.29, 1.82) is 0 Å². The number of aliphatic hydroxyl groups excluding tert-OH is 1. The molecular formula is C25H27FN4O5. The molecule has 0 radical (unpaired) electrons. The predicted octanol–water partition coefficient (Wildman–Crippen LogP) is 1.98. The van der Waals surface area contributed by atoms with E-state index in [0.29, 0.717) is 6.54 Å². The Hall–Kier alpha value is -3.50. The summed E-state index contributed by atoms with van der Waals surface area (Å²) in [4.78, 5) is 28.0. The largest absolute Gasteiger partial charge is 0.486 e. The van der Waals surface area contributed by atoms with Gasteiger partial charge in [-0.2, -0.15) is 5.10 Å². The van der Waals surface area contributed by atoms with E-state index in [0.717, 1.165) is 36.8 Å². The van der Waals surface area contributed by atoms with E-state index in [1.807, 2.05) is 0 Å². The summed E-state index contributed by atoms with van der Waals surface area (Å²) < 4.78 is 27.1. The van der Waals surface area contributed by atoms with Crippen LogP contribution in [-0.2, 0) is 11.8 Å². The van der Waals surface area contributed by atoms with Gasteiger partial charge in [-0.1, -0.05) is 0 Å². The number of nitrogens with one attached hydrogen (secondary N) is 1. The zero-order valence-corrected chi connectivity index (χ0v) is 19.4. The molecule has 35 heavy (non-hydrogen) atoms. The Kier molecular flexibility index (Phi) is 6.40. The van der Waals surface area contributed by atoms with Gasteiger partial charge in [-0.3, -0.25) is 14.3 Å². The molecule has 1 saturated heterocycles. The first kappa shape index (κ1) is 23.3. The topological polar surface area (TPSA) is 106 Å². The highest BCUT2D eigenvalue weighted by molar-refractivity contribution is 6.43. The Morgan fingerprint density at radius 1 is 1.17 bits per heavy atom. The van der Waals surface area contributed by atoms with Crippen molar-refractivity contribution in [2.45, 2.75) is 25.0 Å². The van der Waals surface area contributed by atoms with Gasteiger partial charge in [0.05, 0.1) is 17.8 Å². The van der Waals surface area contributed by atoms with Crippen LogP contribution >= 0.6 is 0 Å². The minimum Gasteiger partial charge on any atom is -0.486 e. The average molecular weight is 483 g/mol. The molecule has 1 amide bonds. The molecule has 184 valence electrons. The van der Waals surface area contributed by atoms with Crippen molar-refractivity contribution in [3.8, 4) is 11.5 Å². The Balaban J connectivity index is 1.38. The van der Waals surface area contributed by atoms with E-state index in [1.165, 1.54) is 12.1 Å². The third-order valence-corrected chi connectivity index (χ3v) is 6.53. The summed E-state index contributed by atoms with van der Waals surface area (Å²) in [6.45, 7) is 2.47. The number of likely N-dealkylation sites (tertiary alicyclic amines) is 1. The van der Waals surface area contributed by atoms with Crippen LogP contribution in [0.15, 0.2) is 36.5 Å². The molecule has 5 rings (SSSR count). The van der Waals surface area contributed by atoms with Gasteiger partial charge in [-0.05, 0) is 61.8 Å². The fourth-order valence-electron chi connectivity index (χ4n) is 4.67. The molecule has 1 fully saturated rings. The van der Waals surface area contributed by atoms with E-state index in [-0.39, 0.29) is 35.8 Å². The van der Waals surface area contributed by atoms with Crippen molar-refractivity contribution >= 4 is 22.6 Å². The number of ketones is 1. The van der Waals surface area contributed by atoms with E-state index in [1.54, 1.807) is 36.1 Å². The normalized spacial score (nSPS) is 17.3. The highest BCUT2D eigenvalue weighted by Gasteiger charge is 2.31. The molecule has 0 aliphatic carbocycles. The van der Waals surface area contributed by atoms with E-state index in [4.69, 9.17) is 9.47 Å². The fourth-order valence-corrected chi connectivity index (χ4v) is 4.67. The zero-order valence-electron chi connectivity index (χ0n) is 19.4. The maximum absolute atomic E-state index is 14.6. The lowest BCUT2D eigenvalue weighted by atomic mass is 9.99. The van der Waals surface area contributed by atoms with E-state index < -0.39 is 29.7 Å². The molecule has 9 nitrogen and oxygen atoms in total. The van der Waals surface area contributed by atoms with Crippen LogP contribution in [0.1, 0.15) is 34.9 Å². The monoisotopic (exact) mass is 482 g/mol. The molecule has 2 aromatic carbocycles. The summed E-state index contributed by atoms with van der Waals surface area (Å²) in [7, 11) is 1.79. The van der Waals surface area contributed by atoms with Crippen LogP contribution in [0.3, 0.4) is 0 Å². The Morgan fingerprint density at radius 2 is 1.94 bits per heavy atom. The zero-order chi connectivity index (χ0) is 24.5. The van der Waals surface area contributed by atoms with Gasteiger partial charge >= 0.3 is 0 Å². The first-order valence-electron chi connectivity index (χ1n) is 11.7. The van der Waals surface area contributed by atoms with Crippen LogP contribution in [0.5, 0.6) is 11.5 Å². The molecule has 1 aromatic heterocycles. The summed E-state index contributed by atoms with van der Waals surface area (Å²) in [5.41, 5.74) is 1.30. The van der Waals surface area contributed by atoms with Crippen LogP contribution in [0.4, 0.5) is 4.39 Å². The number of aryl methyl sites for hydroxylation is 1. The number of hydrogen-bond donors (Lipinski definition) is 2. The number of halogens is 1. The van der Waals surface area contributed by atoms with Gasteiger partial charge < -0.3 is 24.8 Å². The van der Waals surface area contributed by atoms with Gasteiger partial charge in [0.25, 0.3) is 5.91 Å². The van der Waals surface area contributed by atoms with Gasteiger partial charge in [0.15, 0.2) is 17.3 Å². The van der Waals surface area contributed by atoms with Crippen molar-refractivity contribution in [2.24, 2.45) is 7.05 Å². The standard InChI is InChI=1S/C25H27FN4O5/c1-29-20-5-4-15(10-17(20)13-27-29)23(32)25(33)28-19(14-30-6-2-3-7-30)22(31)16-11-18(26)24-21(12-16)34-8-9-35-24/h4-5,10-13,19,22,31H,2-3,6-9,14H2,1H3,(H,28,33). The SMILES string of the molecule is Cn1ncc2cc(C(=O)C(=O)NC(CN3CCCC3)C(O)c3cc(F)c4c(c3)OCCO4)ccc21. The molecule has 10 heteroatoms. The van der Waals surface area contributed by atoms with Crippen LogP contribution < -0.4 is 14.8 Å². The van der Waals surface area contributed by atoms with Gasteiger partial charge in [0, 0.05) is 24.5 Å². The number of carbonyl (C=O) groups is 2. The maximum Gasteiger partial charge on any atom is 0.292 e. The number of ether oxygens (including phenoxy) is 2. The molecule has 0 bridgehead atoms. The number of fused-ring (bicyclic) bond motifs is 2. The van der Waals surface area contributed by atoms with E-state index >= 15 is 0 Å². The number of nitrogens with zero attached hydrogens (tertiary/aromatic N) is 3. The summed E-state index contributed by atoms with van der Waals surface area (Å²) in [6.07, 6.45) is 2.39. The summed E-state index contributed by atoms with van der Waals surface area (Å²) in [6, 6.07) is 6.79. The summed E-state index contributed by atoms with van der Waals surface area (Å²) in [5.74, 6) is -1.99. The second-order valence-electron chi connectivity index (χ2n) is 8.93. The smallest absolute Gasteiger partial charge is 0.292 e. The lowest BCUT2D eigenvalue weighted by molar-refractivity contribution is -0.118. The lowest BCUT2D eigenvalue weighted by Gasteiger charge is -2.29. The van der Waals surface area contributed by atoms with Gasteiger partial charge in [-0.25, -0.2) is 4.39 Å². The lowest BCUT2D eigenvalue weighted by Crippen LogP contribution is -2.48. The Labute approximate surface area is 201 Å². The first-order chi connectivity index (χ1) is 16.9. The molecule has 2 N–H and O–H groups in total. The van der Waals surface area contributed by atoms with Crippen molar-refractivity contribution in [3.63, 3.8) is 0 Å². The van der Waals surface area contributed by atoms with Crippen molar-refractivity contribution in [2.75, 3.05) is 32.8 Å². The molecular weight excluding hydrogens is 455 g/mol. The molecule has 3 heterocycles. The van der Waals surface area contributed by atoms with Crippen molar-refractivity contribution in [1.82, 2.24) is 20.0 Å². The third kappa shape index (κ3) is 4.71. The average Bonchev–Trinajstić information content (AvgIpc) is 3.52. The second kappa shape index (κ2) is 9.63. The molecule has 2 unspecified atom stereocenters. The third-order valence-electron chi connectivity index (χ3n) is 6.53. The predicted molar refractivity (Wildman–Crippen MR) is 125 cm³/mol. The first-order valence-corrected chi connectivity index (χ1v) is 11.7. The molecule has 2 aliphatic rings. The Bertz CT molecular complexity index is 1270. The number of benzene rings is 2. The second-order valence-corrected chi connectivity index (χ2v) is 8.93. The number of aliphatic hydroxyl groups is 1. The number of aromatic nitrogens is 2. The highest BCUT2D eigenvalue weighted by atomic mass is 19.1. The van der Waals surface area contributed by atoms with Crippen LogP contribution in [0, 0.1) is 5.82 Å². The van der Waals surface area contributed by atoms with Crippen LogP contribution in [0.25, 0.3) is 10.9 Å². The number of Topliss-reactive ketones (excluding diaryl/α,β-unsaturated/α-hetero) is 1. The van der Waals surface area contributed by atoms with Crippen molar-refractivity contribution < 1.29 is 28.6 Å². The highest BCUT2D eigenvalue weighted by Crippen LogP contribution is 2.36. The maximum atomic E-state index is 14.6. The molecule has 0 saturated carbocycles. The number of amides is 1. The van der Waals surface area contributed by atoms with Gasteiger partial charge in [0.2, 0.25) is 5.78 Å². The fraction of sp³-hybridized carbons (Fsp3) is 0.400. The van der Waals surface area contributed by atoms with Gasteiger partial charge in [0.1, 0.15) is 19.3 Å². The van der Waals surface area contributed by atoms with E-state index in [9.17, 15) is 19.1 Å². The quantitative estimate of drug-likeness (QED) is 0.392. The minimum absolute atomic E-state index is 0.00769. The molecule has 2 atom stereocenters. The van der Waals surface area contributed by atoms with E-state index in [2.05, 4.69) is 15.3 Å². The Morgan fingerprint density at radius 3 is 2.74 bits per heavy atom. The van der Waals surface area contributed by atoms with Crippen LogP contribution in [-0.4, -0.2) is 70.4 Å². The van der Waals surface area contributed by atoms with Crippen LogP contribution in [0.2, 0.25) is 0 Å². The number of rotatable bonds is 7. The van der Waals surface area contributed by atoms with Gasteiger partial charge in [-0.15, -0.1) is 0 Å². The molecule has 3 aromatic rings. The molecule has 2 aliphatic heterocycles.